The van der Waals surface area contributed by atoms with Crippen LogP contribution in [-0.2, 0) is 29.0 Å². The van der Waals surface area contributed by atoms with Gasteiger partial charge in [-0.1, -0.05) is 17.7 Å². The zero-order valence-corrected chi connectivity index (χ0v) is 17.4. The number of imidazole rings is 1. The second kappa shape index (κ2) is 8.95. The lowest BCUT2D eigenvalue weighted by atomic mass is 10.1. The fourth-order valence-corrected chi connectivity index (χ4v) is 3.19. The highest BCUT2D eigenvalue weighted by molar-refractivity contribution is 6.31. The number of carbonyl (C=O) groups excluding carboxylic acids is 2. The summed E-state index contributed by atoms with van der Waals surface area (Å²) in [6.45, 7) is 2.79. The van der Waals surface area contributed by atoms with Gasteiger partial charge in [0.1, 0.15) is 5.82 Å². The molecule has 3 rings (SSSR count). The number of nitrogen functional groups attached to an aromatic ring is 2. The molecule has 0 aliphatic heterocycles. The van der Waals surface area contributed by atoms with E-state index in [2.05, 4.69) is 20.3 Å². The molecule has 0 unspecified atom stereocenters. The molecule has 0 aliphatic rings. The number of aromatic nitrogens is 4. The summed E-state index contributed by atoms with van der Waals surface area (Å²) in [7, 11) is 1.37. The first-order chi connectivity index (χ1) is 14.3. The third-order valence-electron chi connectivity index (χ3n) is 4.58. The first-order valence-corrected chi connectivity index (χ1v) is 9.63. The van der Waals surface area contributed by atoms with Gasteiger partial charge in [-0.25, -0.2) is 15.0 Å². The number of halogens is 1. The lowest BCUT2D eigenvalue weighted by Gasteiger charge is -2.09. The van der Waals surface area contributed by atoms with Gasteiger partial charge < -0.3 is 26.1 Å². The van der Waals surface area contributed by atoms with E-state index in [9.17, 15) is 9.59 Å². The first kappa shape index (κ1) is 21.3. The van der Waals surface area contributed by atoms with Crippen molar-refractivity contribution in [2.24, 2.45) is 0 Å². The number of nitrogens with two attached hydrogens (primary N) is 2. The molecule has 0 bridgehead atoms. The molecule has 0 saturated carbocycles. The molecule has 11 heteroatoms. The minimum atomic E-state index is -0.532. The van der Waals surface area contributed by atoms with Crippen LogP contribution in [0.15, 0.2) is 18.2 Å². The highest BCUT2D eigenvalue weighted by Crippen LogP contribution is 2.20. The third kappa shape index (κ3) is 4.43. The van der Waals surface area contributed by atoms with Crippen LogP contribution in [0.1, 0.15) is 35.2 Å². The second-order valence-corrected chi connectivity index (χ2v) is 6.85. The Labute approximate surface area is 177 Å². The van der Waals surface area contributed by atoms with Crippen molar-refractivity contribution in [3.63, 3.8) is 0 Å². The molecule has 0 spiro atoms. The number of hydrogen-bond acceptors (Lipinski definition) is 8. The number of benzene rings is 1. The Bertz CT molecular complexity index is 1110. The Kier molecular flexibility index (Phi) is 6.36. The average Bonchev–Trinajstić information content (AvgIpc) is 3.09. The zero-order chi connectivity index (χ0) is 21.8. The molecule has 158 valence electrons. The van der Waals surface area contributed by atoms with Crippen molar-refractivity contribution < 1.29 is 14.3 Å². The number of nitrogens with zero attached hydrogens (tertiary/aromatic N) is 4. The largest absolute Gasteiger partial charge is 0.469 e. The smallest absolute Gasteiger partial charge is 0.305 e. The van der Waals surface area contributed by atoms with Crippen LogP contribution >= 0.6 is 11.6 Å². The number of rotatable bonds is 7. The van der Waals surface area contributed by atoms with Crippen LogP contribution in [0.25, 0.3) is 11.0 Å². The van der Waals surface area contributed by atoms with E-state index in [0.29, 0.717) is 25.2 Å². The number of ether oxygens (including phenoxy) is 1. The summed E-state index contributed by atoms with van der Waals surface area (Å²) in [6.07, 6.45) is 0.872. The number of fused-ring (bicyclic) bond motifs is 1. The molecule has 2 aromatic heterocycles. The molecule has 1 amide bonds. The van der Waals surface area contributed by atoms with Crippen molar-refractivity contribution in [3.8, 4) is 0 Å². The zero-order valence-electron chi connectivity index (χ0n) is 16.6. The lowest BCUT2D eigenvalue weighted by molar-refractivity contribution is -0.140. The standard InChI is InChI=1S/C19H22ClN7O3/c1-3-27-12-8-10(5-7-14(28)30-2)4-6-11(12)24-13(27)9-23-19(29)15-17(21)26-18(22)16(20)25-15/h4,6,8H,3,5,7,9H2,1-2H3,(H,23,29)(H4,21,22,26). The molecule has 1 aromatic carbocycles. The van der Waals surface area contributed by atoms with E-state index < -0.39 is 5.91 Å². The summed E-state index contributed by atoms with van der Waals surface area (Å²) >= 11 is 5.84. The predicted molar refractivity (Wildman–Crippen MR) is 113 cm³/mol. The second-order valence-electron chi connectivity index (χ2n) is 6.49. The number of carbonyl (C=O) groups is 2. The van der Waals surface area contributed by atoms with E-state index in [1.807, 2.05) is 29.7 Å². The van der Waals surface area contributed by atoms with E-state index in [1.54, 1.807) is 0 Å². The van der Waals surface area contributed by atoms with Crippen molar-refractivity contribution in [2.45, 2.75) is 32.9 Å². The van der Waals surface area contributed by atoms with Crippen LogP contribution < -0.4 is 16.8 Å². The molecule has 2 heterocycles. The topological polar surface area (TPSA) is 151 Å². The number of esters is 1. The summed E-state index contributed by atoms with van der Waals surface area (Å²) in [6, 6.07) is 5.80. The minimum Gasteiger partial charge on any atom is -0.469 e. The summed E-state index contributed by atoms with van der Waals surface area (Å²) in [5.41, 5.74) is 13.9. The van der Waals surface area contributed by atoms with Gasteiger partial charge >= 0.3 is 5.97 Å². The van der Waals surface area contributed by atoms with Gasteiger partial charge in [0.15, 0.2) is 22.5 Å². The fraction of sp³-hybridized carbons (Fsp3) is 0.316. The van der Waals surface area contributed by atoms with Crippen molar-refractivity contribution >= 4 is 46.1 Å². The molecule has 0 atom stereocenters. The summed E-state index contributed by atoms with van der Waals surface area (Å²) in [5, 5.41) is 2.65. The van der Waals surface area contributed by atoms with Gasteiger partial charge in [0, 0.05) is 13.0 Å². The maximum absolute atomic E-state index is 12.5. The van der Waals surface area contributed by atoms with Gasteiger partial charge in [-0.3, -0.25) is 9.59 Å². The van der Waals surface area contributed by atoms with Crippen molar-refractivity contribution in [1.29, 1.82) is 0 Å². The molecule has 0 saturated heterocycles. The molecular formula is C19H22ClN7O3. The maximum atomic E-state index is 12.5. The molecule has 0 radical (unpaired) electrons. The number of hydrogen-bond donors (Lipinski definition) is 3. The van der Waals surface area contributed by atoms with Gasteiger partial charge in [-0.15, -0.1) is 0 Å². The molecular weight excluding hydrogens is 410 g/mol. The Balaban J connectivity index is 1.79. The molecule has 0 fully saturated rings. The normalized spacial score (nSPS) is 10.9. The molecule has 5 N–H and O–H groups in total. The van der Waals surface area contributed by atoms with E-state index in [1.165, 1.54) is 7.11 Å². The van der Waals surface area contributed by atoms with Gasteiger partial charge in [0.05, 0.1) is 24.7 Å². The van der Waals surface area contributed by atoms with Crippen LogP contribution in [0, 0.1) is 0 Å². The molecule has 3 aromatic rings. The fourth-order valence-electron chi connectivity index (χ4n) is 3.06. The highest BCUT2D eigenvalue weighted by Gasteiger charge is 2.17. The Morgan fingerprint density at radius 1 is 1.20 bits per heavy atom. The van der Waals surface area contributed by atoms with E-state index in [-0.39, 0.29) is 35.0 Å². The van der Waals surface area contributed by atoms with Gasteiger partial charge in [-0.2, -0.15) is 0 Å². The molecule has 0 aliphatic carbocycles. The van der Waals surface area contributed by atoms with Gasteiger partial charge in [0.25, 0.3) is 5.91 Å². The minimum absolute atomic E-state index is 0.0403. The number of nitrogens with one attached hydrogen (secondary N) is 1. The quantitative estimate of drug-likeness (QED) is 0.478. The van der Waals surface area contributed by atoms with Gasteiger partial charge in [0.2, 0.25) is 0 Å². The third-order valence-corrected chi connectivity index (χ3v) is 4.86. The Hall–Kier alpha value is -3.40. The number of aryl methyl sites for hydroxylation is 2. The Morgan fingerprint density at radius 3 is 2.67 bits per heavy atom. The summed E-state index contributed by atoms with van der Waals surface area (Å²) < 4.78 is 6.68. The molecule has 10 nitrogen and oxygen atoms in total. The maximum Gasteiger partial charge on any atom is 0.305 e. The number of anilines is 2. The van der Waals surface area contributed by atoms with Crippen molar-refractivity contribution in [2.75, 3.05) is 18.6 Å². The number of amides is 1. The van der Waals surface area contributed by atoms with Gasteiger partial charge in [-0.05, 0) is 31.0 Å². The SMILES string of the molecule is CCn1c(CNC(=O)c2nc(Cl)c(N)nc2N)nc2ccc(CCC(=O)OC)cc21. The van der Waals surface area contributed by atoms with Crippen molar-refractivity contribution in [1.82, 2.24) is 24.8 Å². The van der Waals surface area contributed by atoms with E-state index in [4.69, 9.17) is 27.8 Å². The van der Waals surface area contributed by atoms with E-state index in [0.717, 1.165) is 16.6 Å². The molecule has 30 heavy (non-hydrogen) atoms. The number of methoxy groups -OCH3 is 1. The summed E-state index contributed by atoms with van der Waals surface area (Å²) in [5.74, 6) is -0.266. The first-order valence-electron chi connectivity index (χ1n) is 9.25. The average molecular weight is 432 g/mol. The lowest BCUT2D eigenvalue weighted by Crippen LogP contribution is -2.27. The Morgan fingerprint density at radius 2 is 1.97 bits per heavy atom. The van der Waals surface area contributed by atoms with Crippen LogP contribution in [0.4, 0.5) is 11.6 Å². The highest BCUT2D eigenvalue weighted by atomic mass is 35.5. The van der Waals surface area contributed by atoms with Crippen molar-refractivity contribution in [3.05, 3.63) is 40.4 Å². The van der Waals surface area contributed by atoms with Crippen LogP contribution in [0.2, 0.25) is 5.15 Å². The van der Waals surface area contributed by atoms with Crippen LogP contribution in [0.5, 0.6) is 0 Å². The van der Waals surface area contributed by atoms with Crippen LogP contribution in [0.3, 0.4) is 0 Å². The summed E-state index contributed by atoms with van der Waals surface area (Å²) in [4.78, 5) is 36.2. The monoisotopic (exact) mass is 431 g/mol. The predicted octanol–water partition coefficient (Wildman–Crippen LogP) is 1.70. The van der Waals surface area contributed by atoms with Crippen LogP contribution in [-0.4, -0.2) is 38.5 Å². The van der Waals surface area contributed by atoms with E-state index >= 15 is 0 Å².